The van der Waals surface area contributed by atoms with Crippen molar-refractivity contribution in [2.75, 3.05) is 0 Å². The van der Waals surface area contributed by atoms with Crippen molar-refractivity contribution in [3.63, 3.8) is 0 Å². The number of carbonyl (C=O) groups is 1. The number of unbranched alkanes of at least 4 members (excludes halogenated alkanes) is 7. The Morgan fingerprint density at radius 1 is 0.958 bits per heavy atom. The first-order chi connectivity index (χ1) is 11.7. The van der Waals surface area contributed by atoms with Gasteiger partial charge in [0.2, 0.25) is 0 Å². The SMILES string of the molecule is CCCCCCCCCC#CC#CC#CC(CC#CC(=O)O)OO. The largest absolute Gasteiger partial charge is 0.472 e. The summed E-state index contributed by atoms with van der Waals surface area (Å²) in [5.74, 6) is 18.8. The standard InChI is InChI=1S/C20H24O4/c1-2-3-4-5-6-7-8-9-10-11-12-13-14-16-19(24-23)17-15-18-20(21)22/h19,23H,2-9,17H2,1H3,(H,21,22). The van der Waals surface area contributed by atoms with Crippen LogP contribution in [0.2, 0.25) is 0 Å². The molecule has 0 fully saturated rings. The van der Waals surface area contributed by atoms with Crippen LogP contribution in [0.1, 0.15) is 64.7 Å². The fourth-order valence-corrected chi connectivity index (χ4v) is 1.79. The number of hydrogen-bond acceptors (Lipinski definition) is 3. The van der Waals surface area contributed by atoms with Gasteiger partial charge in [-0.15, -0.1) is 0 Å². The van der Waals surface area contributed by atoms with E-state index in [0.29, 0.717) is 0 Å². The molecule has 1 atom stereocenters. The number of hydrogen-bond donors (Lipinski definition) is 2. The third-order valence-electron chi connectivity index (χ3n) is 3.02. The van der Waals surface area contributed by atoms with E-state index in [4.69, 9.17) is 10.4 Å². The second-order valence-corrected chi connectivity index (χ2v) is 5.10. The Morgan fingerprint density at radius 2 is 1.62 bits per heavy atom. The van der Waals surface area contributed by atoms with Gasteiger partial charge in [-0.2, -0.15) is 0 Å². The van der Waals surface area contributed by atoms with Gasteiger partial charge in [0.25, 0.3) is 0 Å². The maximum atomic E-state index is 10.2. The number of rotatable bonds is 9. The Balaban J connectivity index is 3.91. The van der Waals surface area contributed by atoms with Crippen LogP contribution >= 0.6 is 0 Å². The lowest BCUT2D eigenvalue weighted by atomic mass is 10.1. The molecule has 0 aliphatic rings. The molecule has 0 saturated heterocycles. The maximum Gasteiger partial charge on any atom is 0.381 e. The summed E-state index contributed by atoms with van der Waals surface area (Å²) >= 11 is 0. The highest BCUT2D eigenvalue weighted by Crippen LogP contribution is 2.07. The average Bonchev–Trinajstić information content (AvgIpc) is 2.57. The molecular weight excluding hydrogens is 304 g/mol. The minimum atomic E-state index is -1.24. The van der Waals surface area contributed by atoms with Crippen LogP contribution in [-0.2, 0) is 9.68 Å². The molecule has 24 heavy (non-hydrogen) atoms. The van der Waals surface area contributed by atoms with Crippen molar-refractivity contribution >= 4 is 5.97 Å². The van der Waals surface area contributed by atoms with Gasteiger partial charge in [-0.3, -0.25) is 5.26 Å². The second-order valence-electron chi connectivity index (χ2n) is 5.10. The monoisotopic (exact) mass is 328 g/mol. The van der Waals surface area contributed by atoms with Crippen LogP contribution in [0.4, 0.5) is 0 Å². The van der Waals surface area contributed by atoms with Crippen LogP contribution in [0.25, 0.3) is 0 Å². The number of carboxylic acid groups (broad SMARTS) is 1. The Morgan fingerprint density at radius 3 is 2.29 bits per heavy atom. The summed E-state index contributed by atoms with van der Waals surface area (Å²) in [5, 5.41) is 16.9. The molecule has 128 valence electrons. The lowest BCUT2D eigenvalue weighted by Gasteiger charge is -1.98. The van der Waals surface area contributed by atoms with E-state index in [0.717, 1.165) is 12.8 Å². The molecular formula is C20H24O4. The first-order valence-electron chi connectivity index (χ1n) is 8.21. The van der Waals surface area contributed by atoms with Crippen molar-refractivity contribution in [1.29, 1.82) is 0 Å². The van der Waals surface area contributed by atoms with Crippen molar-refractivity contribution in [1.82, 2.24) is 0 Å². The van der Waals surface area contributed by atoms with Gasteiger partial charge in [0.15, 0.2) is 6.10 Å². The van der Waals surface area contributed by atoms with Crippen LogP contribution in [0.5, 0.6) is 0 Å². The smallest absolute Gasteiger partial charge is 0.381 e. The van der Waals surface area contributed by atoms with Gasteiger partial charge < -0.3 is 5.11 Å². The summed E-state index contributed by atoms with van der Waals surface area (Å²) in [6, 6.07) is 0. The quantitative estimate of drug-likeness (QED) is 0.294. The van der Waals surface area contributed by atoms with Gasteiger partial charge in [0, 0.05) is 12.3 Å². The van der Waals surface area contributed by atoms with Gasteiger partial charge >= 0.3 is 5.97 Å². The highest BCUT2D eigenvalue weighted by atomic mass is 17.1. The highest BCUT2D eigenvalue weighted by molar-refractivity contribution is 5.86. The van der Waals surface area contributed by atoms with Gasteiger partial charge in [0.05, 0.1) is 6.42 Å². The minimum Gasteiger partial charge on any atom is -0.472 e. The summed E-state index contributed by atoms with van der Waals surface area (Å²) in [6.07, 6.45) is 8.74. The molecule has 0 rings (SSSR count). The maximum absolute atomic E-state index is 10.2. The molecule has 4 nitrogen and oxygen atoms in total. The van der Waals surface area contributed by atoms with Crippen molar-refractivity contribution in [2.45, 2.75) is 70.8 Å². The Labute approximate surface area is 144 Å². The molecule has 0 aliphatic carbocycles. The third kappa shape index (κ3) is 16.0. The lowest BCUT2D eigenvalue weighted by Crippen LogP contribution is -2.06. The van der Waals surface area contributed by atoms with Crippen molar-refractivity contribution in [3.05, 3.63) is 0 Å². The molecule has 0 radical (unpaired) electrons. The predicted molar refractivity (Wildman–Crippen MR) is 93.5 cm³/mol. The van der Waals surface area contributed by atoms with E-state index in [1.165, 1.54) is 38.5 Å². The van der Waals surface area contributed by atoms with E-state index in [2.05, 4.69) is 53.3 Å². The molecule has 2 N–H and O–H groups in total. The van der Waals surface area contributed by atoms with Gasteiger partial charge in [0.1, 0.15) is 0 Å². The van der Waals surface area contributed by atoms with E-state index in [-0.39, 0.29) is 6.42 Å². The predicted octanol–water partition coefficient (Wildman–Crippen LogP) is 3.47. The van der Waals surface area contributed by atoms with E-state index in [9.17, 15) is 4.79 Å². The number of carboxylic acids is 1. The fourth-order valence-electron chi connectivity index (χ4n) is 1.79. The zero-order valence-electron chi connectivity index (χ0n) is 14.2. The average molecular weight is 328 g/mol. The Hall–Kier alpha value is -2.37. The molecule has 0 aromatic carbocycles. The summed E-state index contributed by atoms with van der Waals surface area (Å²) < 4.78 is 0. The molecule has 0 amide bonds. The summed E-state index contributed by atoms with van der Waals surface area (Å²) in [5.41, 5.74) is 0. The minimum absolute atomic E-state index is 0.0125. The van der Waals surface area contributed by atoms with E-state index in [1.807, 2.05) is 5.92 Å². The topological polar surface area (TPSA) is 66.8 Å². The molecule has 0 aliphatic heterocycles. The lowest BCUT2D eigenvalue weighted by molar-refractivity contribution is -0.261. The summed E-state index contributed by atoms with van der Waals surface area (Å²) in [4.78, 5) is 14.3. The molecule has 0 aromatic rings. The molecule has 0 saturated carbocycles. The van der Waals surface area contributed by atoms with Crippen molar-refractivity contribution in [3.8, 4) is 47.4 Å². The van der Waals surface area contributed by atoms with E-state index < -0.39 is 12.1 Å². The normalized spacial score (nSPS) is 9.75. The Kier molecular flexibility index (Phi) is 15.3. The fraction of sp³-hybridized carbons (Fsp3) is 0.550. The van der Waals surface area contributed by atoms with Crippen LogP contribution in [0.15, 0.2) is 0 Å². The van der Waals surface area contributed by atoms with Crippen molar-refractivity contribution < 1.29 is 20.0 Å². The van der Waals surface area contributed by atoms with Gasteiger partial charge in [-0.1, -0.05) is 63.2 Å². The van der Waals surface area contributed by atoms with Gasteiger partial charge in [-0.25, -0.2) is 9.68 Å². The van der Waals surface area contributed by atoms with Crippen LogP contribution in [0.3, 0.4) is 0 Å². The van der Waals surface area contributed by atoms with Crippen LogP contribution in [-0.4, -0.2) is 22.4 Å². The molecule has 1 unspecified atom stereocenters. The van der Waals surface area contributed by atoms with Crippen LogP contribution in [0, 0.1) is 47.4 Å². The second kappa shape index (κ2) is 17.0. The first kappa shape index (κ1) is 21.6. The zero-order valence-corrected chi connectivity index (χ0v) is 14.2. The summed E-state index contributed by atoms with van der Waals surface area (Å²) in [6.45, 7) is 2.21. The number of aliphatic carboxylic acids is 1. The third-order valence-corrected chi connectivity index (χ3v) is 3.02. The Bertz CT molecular complexity index is 590. The first-order valence-corrected chi connectivity index (χ1v) is 8.21. The zero-order chi connectivity index (χ0) is 17.9. The molecule has 0 aromatic heterocycles. The van der Waals surface area contributed by atoms with E-state index in [1.54, 1.807) is 0 Å². The summed E-state index contributed by atoms with van der Waals surface area (Å²) in [7, 11) is 0. The molecule has 0 heterocycles. The van der Waals surface area contributed by atoms with Crippen LogP contribution < -0.4 is 0 Å². The molecule has 4 heteroatoms. The highest BCUT2D eigenvalue weighted by Gasteiger charge is 2.01. The molecule has 0 bridgehead atoms. The van der Waals surface area contributed by atoms with Crippen molar-refractivity contribution in [2.24, 2.45) is 0 Å². The molecule has 0 spiro atoms. The van der Waals surface area contributed by atoms with E-state index >= 15 is 0 Å². The van der Waals surface area contributed by atoms with Gasteiger partial charge in [-0.05, 0) is 30.1 Å².